The van der Waals surface area contributed by atoms with Crippen molar-refractivity contribution in [1.82, 2.24) is 15.3 Å². The first-order chi connectivity index (χ1) is 15.1. The minimum absolute atomic E-state index is 0.00334. The number of aromatic nitrogens is 2. The maximum Gasteiger partial charge on any atom is 0.223 e. The average molecular weight is 453 g/mol. The molecule has 4 rings (SSSR count). The summed E-state index contributed by atoms with van der Waals surface area (Å²) < 4.78 is 0. The van der Waals surface area contributed by atoms with Crippen molar-refractivity contribution in [1.29, 1.82) is 0 Å². The van der Waals surface area contributed by atoms with Crippen LogP contribution in [-0.2, 0) is 11.3 Å². The minimum Gasteiger partial charge on any atom is -0.354 e. The number of carbonyl (C=O) groups excluding carboxylic acids is 1. The van der Waals surface area contributed by atoms with Gasteiger partial charge in [-0.3, -0.25) is 4.79 Å². The number of hydrogen-bond donors (Lipinski definition) is 1. The first kappa shape index (κ1) is 21.7. The molecule has 5 nitrogen and oxygen atoms in total. The Morgan fingerprint density at radius 3 is 2.55 bits per heavy atom. The van der Waals surface area contributed by atoms with Gasteiger partial charge in [-0.25, -0.2) is 9.97 Å². The number of nitrogens with zero attached hydrogens (tertiary/aromatic N) is 3. The quantitative estimate of drug-likeness (QED) is 0.562. The van der Waals surface area contributed by atoms with Gasteiger partial charge in [0.1, 0.15) is 5.03 Å². The molecule has 1 fully saturated rings. The molecule has 0 bridgehead atoms. The number of hydrogen-bond acceptors (Lipinski definition) is 5. The van der Waals surface area contributed by atoms with Gasteiger partial charge >= 0.3 is 0 Å². The number of aryl methyl sites for hydroxylation is 1. The van der Waals surface area contributed by atoms with Crippen LogP contribution in [-0.4, -0.2) is 29.0 Å². The van der Waals surface area contributed by atoms with Crippen molar-refractivity contribution in [2.24, 2.45) is 5.92 Å². The summed E-state index contributed by atoms with van der Waals surface area (Å²) in [4.78, 5) is 25.2. The molecule has 1 aliphatic heterocycles. The Bertz CT molecular complexity index is 1040. The molecule has 0 unspecified atom stereocenters. The zero-order chi connectivity index (χ0) is 21.6. The predicted molar refractivity (Wildman–Crippen MR) is 126 cm³/mol. The highest BCUT2D eigenvalue weighted by Gasteiger charge is 2.27. The molecule has 0 radical (unpaired) electrons. The molecule has 0 saturated carbocycles. The summed E-state index contributed by atoms with van der Waals surface area (Å²) in [6, 6.07) is 16.0. The lowest BCUT2D eigenvalue weighted by Crippen LogP contribution is -2.41. The number of carbonyl (C=O) groups is 1. The van der Waals surface area contributed by atoms with Crippen molar-refractivity contribution >= 4 is 35.1 Å². The Hall–Kier alpha value is -2.57. The molecule has 1 aromatic heterocycles. The van der Waals surface area contributed by atoms with Gasteiger partial charge < -0.3 is 10.2 Å². The van der Waals surface area contributed by atoms with Crippen LogP contribution >= 0.6 is 23.4 Å². The molecule has 2 aromatic carbocycles. The third kappa shape index (κ3) is 5.57. The topological polar surface area (TPSA) is 58.1 Å². The molecule has 2 heterocycles. The van der Waals surface area contributed by atoms with E-state index in [2.05, 4.69) is 51.4 Å². The van der Waals surface area contributed by atoms with Gasteiger partial charge in [-0.2, -0.15) is 0 Å². The lowest BCUT2D eigenvalue weighted by atomic mass is 9.96. The highest BCUT2D eigenvalue weighted by atomic mass is 35.5. The number of amides is 1. The Morgan fingerprint density at radius 1 is 1.10 bits per heavy atom. The molecular formula is C24H25ClN4OS. The second-order valence-corrected chi connectivity index (χ2v) is 9.14. The number of nitrogens with one attached hydrogen (secondary N) is 1. The largest absolute Gasteiger partial charge is 0.354 e. The summed E-state index contributed by atoms with van der Waals surface area (Å²) in [7, 11) is 0. The highest BCUT2D eigenvalue weighted by Crippen LogP contribution is 2.34. The van der Waals surface area contributed by atoms with Crippen molar-refractivity contribution in [2.75, 3.05) is 18.0 Å². The summed E-state index contributed by atoms with van der Waals surface area (Å²) in [6.45, 7) is 4.10. The third-order valence-corrected chi connectivity index (χ3v) is 6.82. The average Bonchev–Trinajstić information content (AvgIpc) is 2.80. The van der Waals surface area contributed by atoms with E-state index in [9.17, 15) is 4.79 Å². The van der Waals surface area contributed by atoms with Gasteiger partial charge in [0.15, 0.2) is 5.82 Å². The van der Waals surface area contributed by atoms with Gasteiger partial charge in [0.2, 0.25) is 5.91 Å². The summed E-state index contributed by atoms with van der Waals surface area (Å²) in [5.74, 6) is 0.986. The molecule has 0 spiro atoms. The molecule has 1 aliphatic rings. The van der Waals surface area contributed by atoms with Crippen molar-refractivity contribution in [3.05, 3.63) is 77.1 Å². The zero-order valence-corrected chi connectivity index (χ0v) is 19.0. The molecule has 3 aromatic rings. The van der Waals surface area contributed by atoms with E-state index in [0.717, 1.165) is 47.2 Å². The van der Waals surface area contributed by atoms with Crippen molar-refractivity contribution < 1.29 is 4.79 Å². The van der Waals surface area contributed by atoms with Gasteiger partial charge in [-0.05, 0) is 43.5 Å². The Balaban J connectivity index is 1.35. The lowest BCUT2D eigenvalue weighted by Gasteiger charge is -2.32. The fraction of sp³-hybridized carbons (Fsp3) is 0.292. The van der Waals surface area contributed by atoms with Crippen molar-refractivity contribution in [3.63, 3.8) is 0 Å². The SMILES string of the molecule is Cc1ccc(Sc2nccnc2N2CCC(C(=O)NCc3ccccc3Cl)CC2)cc1. The minimum atomic E-state index is 0.00334. The van der Waals surface area contributed by atoms with Crippen LogP contribution in [0.25, 0.3) is 0 Å². The fourth-order valence-electron chi connectivity index (χ4n) is 3.65. The summed E-state index contributed by atoms with van der Waals surface area (Å²) in [6.07, 6.45) is 5.05. The van der Waals surface area contributed by atoms with Gasteiger partial charge in [-0.15, -0.1) is 0 Å². The maximum atomic E-state index is 12.7. The molecule has 0 atom stereocenters. The fourth-order valence-corrected chi connectivity index (χ4v) is 4.73. The monoisotopic (exact) mass is 452 g/mol. The zero-order valence-electron chi connectivity index (χ0n) is 17.4. The first-order valence-corrected chi connectivity index (χ1v) is 11.6. The molecule has 1 amide bonds. The van der Waals surface area contributed by atoms with E-state index in [1.165, 1.54) is 5.56 Å². The van der Waals surface area contributed by atoms with E-state index in [4.69, 9.17) is 11.6 Å². The van der Waals surface area contributed by atoms with Gasteiger partial charge in [0.25, 0.3) is 0 Å². The van der Waals surface area contributed by atoms with Crippen LogP contribution in [0.15, 0.2) is 70.8 Å². The van der Waals surface area contributed by atoms with Crippen LogP contribution in [0, 0.1) is 12.8 Å². The Morgan fingerprint density at radius 2 is 1.81 bits per heavy atom. The van der Waals surface area contributed by atoms with E-state index in [0.29, 0.717) is 11.6 Å². The van der Waals surface area contributed by atoms with E-state index in [1.54, 1.807) is 24.2 Å². The molecule has 0 aliphatic carbocycles. The summed E-state index contributed by atoms with van der Waals surface area (Å²) in [5, 5.41) is 4.61. The second-order valence-electron chi connectivity index (χ2n) is 7.67. The Labute approximate surface area is 192 Å². The van der Waals surface area contributed by atoms with Gasteiger partial charge in [-0.1, -0.05) is 59.3 Å². The summed E-state index contributed by atoms with van der Waals surface area (Å²) in [5.41, 5.74) is 2.17. The van der Waals surface area contributed by atoms with Crippen molar-refractivity contribution in [2.45, 2.75) is 36.2 Å². The van der Waals surface area contributed by atoms with Crippen molar-refractivity contribution in [3.8, 4) is 0 Å². The highest BCUT2D eigenvalue weighted by molar-refractivity contribution is 7.99. The predicted octanol–water partition coefficient (Wildman–Crippen LogP) is 5.12. The first-order valence-electron chi connectivity index (χ1n) is 10.4. The summed E-state index contributed by atoms with van der Waals surface area (Å²) >= 11 is 7.81. The standard InChI is InChI=1S/C24H25ClN4OS/c1-17-6-8-20(9-7-17)31-24-22(26-12-13-27-24)29-14-10-18(11-15-29)23(30)28-16-19-4-2-3-5-21(19)25/h2-9,12-13,18H,10-11,14-16H2,1H3,(H,28,30). The second kappa shape index (κ2) is 10.2. The van der Waals surface area contributed by atoms with Crippen LogP contribution < -0.4 is 10.2 Å². The van der Waals surface area contributed by atoms with E-state index >= 15 is 0 Å². The van der Waals surface area contributed by atoms with Gasteiger partial charge in [0, 0.05) is 47.9 Å². The molecular weight excluding hydrogens is 428 g/mol. The van der Waals surface area contributed by atoms with Crippen LogP contribution in [0.3, 0.4) is 0 Å². The number of anilines is 1. The lowest BCUT2D eigenvalue weighted by molar-refractivity contribution is -0.125. The normalized spacial score (nSPS) is 14.5. The van der Waals surface area contributed by atoms with Gasteiger partial charge in [0.05, 0.1) is 0 Å². The molecule has 31 heavy (non-hydrogen) atoms. The molecule has 160 valence electrons. The van der Waals surface area contributed by atoms with Crippen LogP contribution in [0.5, 0.6) is 0 Å². The number of piperidine rings is 1. The van der Waals surface area contributed by atoms with E-state index < -0.39 is 0 Å². The van der Waals surface area contributed by atoms with E-state index in [1.807, 2.05) is 24.3 Å². The number of benzene rings is 2. The molecule has 7 heteroatoms. The third-order valence-electron chi connectivity index (χ3n) is 5.46. The molecule has 1 N–H and O–H groups in total. The van der Waals surface area contributed by atoms with Crippen LogP contribution in [0.1, 0.15) is 24.0 Å². The maximum absolute atomic E-state index is 12.7. The smallest absolute Gasteiger partial charge is 0.223 e. The number of rotatable bonds is 6. The number of halogens is 1. The van der Waals surface area contributed by atoms with E-state index in [-0.39, 0.29) is 11.8 Å². The van der Waals surface area contributed by atoms with Crippen LogP contribution in [0.4, 0.5) is 5.82 Å². The van der Waals surface area contributed by atoms with Crippen LogP contribution in [0.2, 0.25) is 5.02 Å². The Kier molecular flexibility index (Phi) is 7.10. The molecule has 1 saturated heterocycles.